The molecule has 0 bridgehead atoms. The molecule has 0 saturated carbocycles. The second-order valence-electron chi connectivity index (χ2n) is 5.85. The summed E-state index contributed by atoms with van der Waals surface area (Å²) in [6.45, 7) is 6.02. The molecule has 0 spiro atoms. The van der Waals surface area contributed by atoms with Gasteiger partial charge in [0, 0.05) is 17.0 Å². The van der Waals surface area contributed by atoms with Gasteiger partial charge in [-0.2, -0.15) is 0 Å². The Morgan fingerprint density at radius 1 is 1.26 bits per heavy atom. The summed E-state index contributed by atoms with van der Waals surface area (Å²) in [5, 5.41) is 0.822. The third kappa shape index (κ3) is 5.37. The van der Waals surface area contributed by atoms with Crippen LogP contribution in [-0.4, -0.2) is 25.7 Å². The molecular weight excluding hydrogens is 335 g/mol. The number of hydrogen-bond donors (Lipinski definition) is 1. The van der Waals surface area contributed by atoms with Crippen molar-refractivity contribution in [3.8, 4) is 10.6 Å². The molecule has 0 amide bonds. The summed E-state index contributed by atoms with van der Waals surface area (Å²) in [6, 6.07) is 6.21. The minimum Gasteiger partial charge on any atom is -0.241 e. The molecule has 0 aliphatic rings. The lowest BCUT2D eigenvalue weighted by molar-refractivity contribution is 0.568. The number of nitrogens with zero attached hydrogens (tertiary/aromatic N) is 1. The fourth-order valence-electron chi connectivity index (χ4n) is 2.19. The smallest absolute Gasteiger partial charge is 0.211 e. The molecule has 2 aromatic rings. The predicted molar refractivity (Wildman–Crippen MR) is 92.6 cm³/mol. The first kappa shape index (κ1) is 18.0. The number of nitrogens with one attached hydrogen (secondary N) is 1. The van der Waals surface area contributed by atoms with Crippen molar-refractivity contribution in [2.75, 3.05) is 12.3 Å². The van der Waals surface area contributed by atoms with Gasteiger partial charge >= 0.3 is 0 Å². The number of hydrogen-bond acceptors (Lipinski definition) is 4. The van der Waals surface area contributed by atoms with Gasteiger partial charge in [-0.25, -0.2) is 22.5 Å². The van der Waals surface area contributed by atoms with Crippen LogP contribution in [0, 0.1) is 18.7 Å². The third-order valence-corrected chi connectivity index (χ3v) is 6.23. The Hall–Kier alpha value is -1.31. The molecule has 4 nitrogen and oxygen atoms in total. The van der Waals surface area contributed by atoms with Crippen molar-refractivity contribution in [2.24, 2.45) is 5.92 Å². The highest BCUT2D eigenvalue weighted by Crippen LogP contribution is 2.28. The first-order chi connectivity index (χ1) is 10.8. The normalized spacial score (nSPS) is 12.0. The Labute approximate surface area is 140 Å². The lowest BCUT2D eigenvalue weighted by Crippen LogP contribution is -2.30. The summed E-state index contributed by atoms with van der Waals surface area (Å²) in [5.74, 6) is -0.0419. The zero-order valence-electron chi connectivity index (χ0n) is 13.5. The topological polar surface area (TPSA) is 59.1 Å². The average molecular weight is 356 g/mol. The Balaban J connectivity index is 2.01. The van der Waals surface area contributed by atoms with Gasteiger partial charge in [0.25, 0.3) is 0 Å². The molecule has 126 valence electrons. The van der Waals surface area contributed by atoms with Gasteiger partial charge in [0.15, 0.2) is 0 Å². The number of benzene rings is 1. The van der Waals surface area contributed by atoms with Crippen LogP contribution in [0.4, 0.5) is 4.39 Å². The van der Waals surface area contributed by atoms with Crippen LogP contribution in [0.3, 0.4) is 0 Å². The van der Waals surface area contributed by atoms with E-state index >= 15 is 0 Å². The number of thiazole rings is 1. The van der Waals surface area contributed by atoms with E-state index in [1.54, 1.807) is 12.1 Å². The molecular formula is C16H21FN2O2S2. The number of rotatable bonds is 7. The predicted octanol–water partition coefficient (Wildman–Crippen LogP) is 3.38. The minimum atomic E-state index is -3.22. The second kappa shape index (κ2) is 7.51. The maximum atomic E-state index is 13.0. The van der Waals surface area contributed by atoms with E-state index in [-0.39, 0.29) is 17.5 Å². The largest absolute Gasteiger partial charge is 0.241 e. The van der Waals surface area contributed by atoms with Crippen LogP contribution in [0.15, 0.2) is 24.3 Å². The van der Waals surface area contributed by atoms with Crippen LogP contribution < -0.4 is 4.72 Å². The molecule has 1 aromatic heterocycles. The fourth-order valence-corrected chi connectivity index (χ4v) is 4.67. The molecule has 0 fully saturated rings. The van der Waals surface area contributed by atoms with Gasteiger partial charge in [-0.15, -0.1) is 11.3 Å². The molecule has 7 heteroatoms. The fraction of sp³-hybridized carbons (Fsp3) is 0.438. The summed E-state index contributed by atoms with van der Waals surface area (Å²) in [7, 11) is -3.22. The van der Waals surface area contributed by atoms with Gasteiger partial charge in [0.05, 0.1) is 11.4 Å². The Kier molecular flexibility index (Phi) is 5.89. The summed E-state index contributed by atoms with van der Waals surface area (Å²) in [6.07, 6.45) is 0.599. The van der Waals surface area contributed by atoms with Crippen molar-refractivity contribution >= 4 is 21.4 Å². The summed E-state index contributed by atoms with van der Waals surface area (Å²) >= 11 is 1.51. The lowest BCUT2D eigenvalue weighted by Gasteiger charge is -2.08. The van der Waals surface area contributed by atoms with E-state index in [2.05, 4.69) is 9.71 Å². The highest BCUT2D eigenvalue weighted by molar-refractivity contribution is 7.89. The van der Waals surface area contributed by atoms with E-state index in [4.69, 9.17) is 0 Å². The Morgan fingerprint density at radius 3 is 2.52 bits per heavy atom. The van der Waals surface area contributed by atoms with Crippen LogP contribution >= 0.6 is 11.3 Å². The molecule has 0 radical (unpaired) electrons. The SMILES string of the molecule is Cc1nc(-c2ccc(F)cc2)sc1CCNS(=O)(=O)CC(C)C. The maximum absolute atomic E-state index is 13.0. The summed E-state index contributed by atoms with van der Waals surface area (Å²) in [5.41, 5.74) is 1.75. The van der Waals surface area contributed by atoms with Gasteiger partial charge in [0.2, 0.25) is 10.0 Å². The van der Waals surface area contributed by atoms with E-state index in [0.717, 1.165) is 21.1 Å². The van der Waals surface area contributed by atoms with Gasteiger partial charge in [-0.3, -0.25) is 0 Å². The number of halogens is 1. The molecule has 0 aliphatic heterocycles. The van der Waals surface area contributed by atoms with Gasteiger partial charge < -0.3 is 0 Å². The Morgan fingerprint density at radius 2 is 1.91 bits per heavy atom. The number of aromatic nitrogens is 1. The number of sulfonamides is 1. The quantitative estimate of drug-likeness (QED) is 0.827. The molecule has 0 unspecified atom stereocenters. The highest BCUT2D eigenvalue weighted by Gasteiger charge is 2.14. The molecule has 0 atom stereocenters. The van der Waals surface area contributed by atoms with Crippen molar-refractivity contribution in [2.45, 2.75) is 27.2 Å². The maximum Gasteiger partial charge on any atom is 0.211 e. The van der Waals surface area contributed by atoms with E-state index < -0.39 is 10.0 Å². The lowest BCUT2D eigenvalue weighted by atomic mass is 10.2. The molecule has 2 rings (SSSR count). The number of aryl methyl sites for hydroxylation is 1. The van der Waals surface area contributed by atoms with Crippen LogP contribution in [-0.2, 0) is 16.4 Å². The molecule has 1 N–H and O–H groups in total. The molecule has 0 aliphatic carbocycles. The molecule has 1 aromatic carbocycles. The monoisotopic (exact) mass is 356 g/mol. The van der Waals surface area contributed by atoms with Crippen molar-refractivity contribution in [1.82, 2.24) is 9.71 Å². The van der Waals surface area contributed by atoms with Crippen LogP contribution in [0.1, 0.15) is 24.4 Å². The molecule has 0 saturated heterocycles. The first-order valence-electron chi connectivity index (χ1n) is 7.46. The summed E-state index contributed by atoms with van der Waals surface area (Å²) < 4.78 is 39.2. The highest BCUT2D eigenvalue weighted by atomic mass is 32.2. The minimum absolute atomic E-state index is 0.0997. The van der Waals surface area contributed by atoms with Gasteiger partial charge in [0.1, 0.15) is 10.8 Å². The zero-order valence-corrected chi connectivity index (χ0v) is 15.1. The van der Waals surface area contributed by atoms with Crippen molar-refractivity contribution < 1.29 is 12.8 Å². The Bertz CT molecular complexity index is 753. The summed E-state index contributed by atoms with van der Waals surface area (Å²) in [4.78, 5) is 5.53. The van der Waals surface area contributed by atoms with Crippen molar-refractivity contribution in [3.05, 3.63) is 40.7 Å². The second-order valence-corrected chi connectivity index (χ2v) is 8.79. The van der Waals surface area contributed by atoms with E-state index in [1.807, 2.05) is 20.8 Å². The van der Waals surface area contributed by atoms with Crippen molar-refractivity contribution in [1.29, 1.82) is 0 Å². The first-order valence-corrected chi connectivity index (χ1v) is 9.93. The zero-order chi connectivity index (χ0) is 17.0. The standard InChI is InChI=1S/C16H21FN2O2S2/c1-11(2)10-23(20,21)18-9-8-15-12(3)19-16(22-15)13-4-6-14(17)7-5-13/h4-7,11,18H,8-10H2,1-3H3. The molecule has 1 heterocycles. The van der Waals surface area contributed by atoms with Crippen LogP contribution in [0.5, 0.6) is 0 Å². The molecule has 23 heavy (non-hydrogen) atoms. The van der Waals surface area contributed by atoms with Crippen LogP contribution in [0.25, 0.3) is 10.6 Å². The van der Waals surface area contributed by atoms with Crippen molar-refractivity contribution in [3.63, 3.8) is 0 Å². The van der Waals surface area contributed by atoms with Gasteiger partial charge in [-0.05, 0) is 43.5 Å². The van der Waals surface area contributed by atoms with Crippen LogP contribution in [0.2, 0.25) is 0 Å². The van der Waals surface area contributed by atoms with Gasteiger partial charge in [-0.1, -0.05) is 13.8 Å². The average Bonchev–Trinajstić information content (AvgIpc) is 2.79. The third-order valence-electron chi connectivity index (χ3n) is 3.21. The van der Waals surface area contributed by atoms with E-state index in [9.17, 15) is 12.8 Å². The van der Waals surface area contributed by atoms with E-state index in [1.165, 1.54) is 23.5 Å². The van der Waals surface area contributed by atoms with E-state index in [0.29, 0.717) is 13.0 Å².